The SMILES string of the molecule is CC(=O)/C(C)=C/C=C/C(C)=C/C=C/C=C(C)/C=C/C=C(\C)C#CC1=C(C)C(=O)C(O)CC1(C)C. The maximum absolute atomic E-state index is 12.1. The first-order valence-corrected chi connectivity index (χ1v) is 11.5. The average Bonchev–Trinajstić information content (AvgIpc) is 2.74. The summed E-state index contributed by atoms with van der Waals surface area (Å²) in [5, 5.41) is 9.94. The highest BCUT2D eigenvalue weighted by atomic mass is 16.3. The van der Waals surface area contributed by atoms with Crippen LogP contribution in [0.3, 0.4) is 0 Å². The van der Waals surface area contributed by atoms with Crippen LogP contribution >= 0.6 is 0 Å². The van der Waals surface area contributed by atoms with Crippen LogP contribution in [0.15, 0.2) is 94.2 Å². The molecule has 0 amide bonds. The molecule has 1 unspecified atom stereocenters. The molecule has 0 heterocycles. The third-order valence-electron chi connectivity index (χ3n) is 5.61. The second-order valence-corrected chi connectivity index (χ2v) is 9.40. The summed E-state index contributed by atoms with van der Waals surface area (Å²) in [4.78, 5) is 23.3. The third-order valence-corrected chi connectivity index (χ3v) is 5.61. The lowest BCUT2D eigenvalue weighted by atomic mass is 9.71. The Morgan fingerprint density at radius 1 is 0.912 bits per heavy atom. The molecule has 0 aromatic heterocycles. The van der Waals surface area contributed by atoms with Crippen LogP contribution in [0.2, 0.25) is 0 Å². The van der Waals surface area contributed by atoms with Crippen molar-refractivity contribution in [1.82, 2.24) is 0 Å². The molecule has 1 aliphatic carbocycles. The zero-order chi connectivity index (χ0) is 25.9. The smallest absolute Gasteiger partial charge is 0.187 e. The minimum Gasteiger partial charge on any atom is -0.385 e. The van der Waals surface area contributed by atoms with Gasteiger partial charge in [-0.15, -0.1) is 0 Å². The number of carbonyl (C=O) groups is 2. The van der Waals surface area contributed by atoms with Gasteiger partial charge in [0.05, 0.1) is 0 Å². The van der Waals surface area contributed by atoms with Gasteiger partial charge < -0.3 is 5.11 Å². The summed E-state index contributed by atoms with van der Waals surface area (Å²) in [6, 6.07) is 0. The van der Waals surface area contributed by atoms with Gasteiger partial charge in [0.1, 0.15) is 6.10 Å². The Kier molecular flexibility index (Phi) is 11.4. The van der Waals surface area contributed by atoms with E-state index < -0.39 is 6.10 Å². The van der Waals surface area contributed by atoms with Crippen LogP contribution in [0.1, 0.15) is 61.8 Å². The number of carbonyl (C=O) groups excluding carboxylic acids is 2. The number of ketones is 2. The highest BCUT2D eigenvalue weighted by Gasteiger charge is 2.37. The van der Waals surface area contributed by atoms with Gasteiger partial charge in [0.25, 0.3) is 0 Å². The fourth-order valence-corrected chi connectivity index (χ4v) is 3.36. The first-order chi connectivity index (χ1) is 15.8. The first kappa shape index (κ1) is 28.8. The van der Waals surface area contributed by atoms with Gasteiger partial charge in [-0.1, -0.05) is 97.6 Å². The zero-order valence-corrected chi connectivity index (χ0v) is 21.8. The predicted molar refractivity (Wildman–Crippen MR) is 143 cm³/mol. The number of allylic oxidation sites excluding steroid dienone is 15. The molecule has 0 radical (unpaired) electrons. The quantitative estimate of drug-likeness (QED) is 0.262. The minimum atomic E-state index is -0.932. The molecule has 1 aliphatic rings. The molecule has 34 heavy (non-hydrogen) atoms. The second kappa shape index (κ2) is 13.5. The normalized spacial score (nSPS) is 20.5. The lowest BCUT2D eigenvalue weighted by molar-refractivity contribution is -0.125. The molecule has 0 aromatic carbocycles. The number of aliphatic hydroxyl groups excluding tert-OH is 1. The number of aliphatic hydroxyl groups is 1. The van der Waals surface area contributed by atoms with E-state index in [0.717, 1.165) is 27.9 Å². The molecular formula is C31H38O3. The molecule has 0 aromatic rings. The molecular weight excluding hydrogens is 420 g/mol. The largest absolute Gasteiger partial charge is 0.385 e. The molecule has 1 rings (SSSR count). The predicted octanol–water partition coefficient (Wildman–Crippen LogP) is 6.71. The lowest BCUT2D eigenvalue weighted by Crippen LogP contribution is -2.35. The van der Waals surface area contributed by atoms with Crippen LogP contribution in [0.25, 0.3) is 0 Å². The van der Waals surface area contributed by atoms with Gasteiger partial charge >= 0.3 is 0 Å². The highest BCUT2D eigenvalue weighted by Crippen LogP contribution is 2.38. The van der Waals surface area contributed by atoms with Gasteiger partial charge in [0, 0.05) is 16.6 Å². The van der Waals surface area contributed by atoms with Crippen LogP contribution in [0.5, 0.6) is 0 Å². The summed E-state index contributed by atoms with van der Waals surface area (Å²) in [6.07, 6.45) is 19.0. The van der Waals surface area contributed by atoms with Crippen molar-refractivity contribution in [2.75, 3.05) is 0 Å². The summed E-state index contributed by atoms with van der Waals surface area (Å²) in [6.45, 7) is 15.1. The Labute approximate surface area is 205 Å². The highest BCUT2D eigenvalue weighted by molar-refractivity contribution is 6.00. The van der Waals surface area contributed by atoms with E-state index in [1.54, 1.807) is 20.8 Å². The average molecular weight is 459 g/mol. The summed E-state index contributed by atoms with van der Waals surface area (Å²) in [5.74, 6) is 6.16. The molecule has 0 saturated heterocycles. The van der Waals surface area contributed by atoms with Gasteiger partial charge in [-0.2, -0.15) is 0 Å². The van der Waals surface area contributed by atoms with Crippen molar-refractivity contribution in [3.05, 3.63) is 94.2 Å². The van der Waals surface area contributed by atoms with Crippen molar-refractivity contribution in [3.63, 3.8) is 0 Å². The number of rotatable bonds is 7. The Balaban J connectivity index is 2.78. The monoisotopic (exact) mass is 458 g/mol. The van der Waals surface area contributed by atoms with E-state index in [1.165, 1.54) is 0 Å². The molecule has 180 valence electrons. The molecule has 3 heteroatoms. The second-order valence-electron chi connectivity index (χ2n) is 9.40. The Morgan fingerprint density at radius 2 is 1.44 bits per heavy atom. The van der Waals surface area contributed by atoms with Crippen LogP contribution in [0.4, 0.5) is 0 Å². The topological polar surface area (TPSA) is 54.4 Å². The van der Waals surface area contributed by atoms with Gasteiger partial charge in [0.2, 0.25) is 0 Å². The van der Waals surface area contributed by atoms with Gasteiger partial charge in [0.15, 0.2) is 11.6 Å². The summed E-state index contributed by atoms with van der Waals surface area (Å²) >= 11 is 0. The van der Waals surface area contributed by atoms with Gasteiger partial charge in [-0.05, 0) is 59.1 Å². The van der Waals surface area contributed by atoms with Gasteiger partial charge in [-0.25, -0.2) is 0 Å². The molecule has 1 N–H and O–H groups in total. The van der Waals surface area contributed by atoms with Crippen LogP contribution in [0, 0.1) is 17.3 Å². The number of hydrogen-bond acceptors (Lipinski definition) is 3. The van der Waals surface area contributed by atoms with E-state index in [1.807, 2.05) is 95.4 Å². The van der Waals surface area contributed by atoms with E-state index in [9.17, 15) is 14.7 Å². The fourth-order valence-electron chi connectivity index (χ4n) is 3.36. The fraction of sp³-hybridized carbons (Fsp3) is 0.355. The Bertz CT molecular complexity index is 1100. The van der Waals surface area contributed by atoms with Gasteiger partial charge in [-0.3, -0.25) is 9.59 Å². The van der Waals surface area contributed by atoms with Crippen molar-refractivity contribution < 1.29 is 14.7 Å². The molecule has 0 aliphatic heterocycles. The standard InChI is InChI=1S/C31H38O3/c1-22(13-9-10-14-23(2)17-12-18-25(4)27(6)32)15-11-16-24(3)19-20-28-26(5)30(34)29(33)21-31(28,7)8/h9-18,29,33H,21H2,1-8H3/b10-9+,15-11+,17-12+,22-13+,23-14+,24-16+,25-18+. The molecule has 0 fully saturated rings. The number of hydrogen-bond donors (Lipinski definition) is 1. The first-order valence-electron chi connectivity index (χ1n) is 11.5. The zero-order valence-electron chi connectivity index (χ0n) is 21.8. The van der Waals surface area contributed by atoms with E-state index in [-0.39, 0.29) is 17.0 Å². The van der Waals surface area contributed by atoms with E-state index in [4.69, 9.17) is 0 Å². The molecule has 0 spiro atoms. The van der Waals surface area contributed by atoms with Crippen molar-refractivity contribution in [1.29, 1.82) is 0 Å². The summed E-state index contributed by atoms with van der Waals surface area (Å²) < 4.78 is 0. The molecule has 0 saturated carbocycles. The number of Topliss-reactive ketones (excluding diaryl/α,β-unsaturated/α-hetero) is 2. The van der Waals surface area contributed by atoms with Crippen LogP contribution in [-0.2, 0) is 9.59 Å². The Morgan fingerprint density at radius 3 is 1.97 bits per heavy atom. The maximum atomic E-state index is 12.1. The lowest BCUT2D eigenvalue weighted by Gasteiger charge is -2.33. The maximum Gasteiger partial charge on any atom is 0.187 e. The van der Waals surface area contributed by atoms with E-state index in [0.29, 0.717) is 12.0 Å². The summed E-state index contributed by atoms with van der Waals surface area (Å²) in [5.41, 5.74) is 4.87. The van der Waals surface area contributed by atoms with Crippen LogP contribution < -0.4 is 0 Å². The minimum absolute atomic E-state index is 0.0785. The summed E-state index contributed by atoms with van der Waals surface area (Å²) in [7, 11) is 0. The van der Waals surface area contributed by atoms with Crippen LogP contribution in [-0.4, -0.2) is 22.8 Å². The van der Waals surface area contributed by atoms with Crippen molar-refractivity contribution in [2.24, 2.45) is 5.41 Å². The Hall–Kier alpha value is -3.22. The molecule has 0 bridgehead atoms. The van der Waals surface area contributed by atoms with Crippen molar-refractivity contribution in [2.45, 2.75) is 67.9 Å². The van der Waals surface area contributed by atoms with E-state index >= 15 is 0 Å². The molecule has 1 atom stereocenters. The third kappa shape index (κ3) is 9.73. The van der Waals surface area contributed by atoms with Crippen molar-refractivity contribution in [3.8, 4) is 11.8 Å². The van der Waals surface area contributed by atoms with Crippen molar-refractivity contribution >= 4 is 11.6 Å². The molecule has 3 nitrogen and oxygen atoms in total. The van der Waals surface area contributed by atoms with E-state index in [2.05, 4.69) is 11.8 Å².